The van der Waals surface area contributed by atoms with Crippen LogP contribution in [-0.2, 0) is 12.3 Å². The molecule has 2 rings (SSSR count). The number of fused-ring (bicyclic) bond motifs is 1. The number of hydrogen-bond donors (Lipinski definition) is 1. The van der Waals surface area contributed by atoms with Gasteiger partial charge in [0.1, 0.15) is 5.82 Å². The Morgan fingerprint density at radius 2 is 2.31 bits per heavy atom. The average Bonchev–Trinajstić information content (AvgIpc) is 2.58. The summed E-state index contributed by atoms with van der Waals surface area (Å²) in [5.41, 5.74) is 3.39. The van der Waals surface area contributed by atoms with Gasteiger partial charge in [-0.1, -0.05) is 13.0 Å². The molecule has 0 radical (unpaired) electrons. The van der Waals surface area contributed by atoms with Crippen LogP contribution in [0.15, 0.2) is 18.2 Å². The number of rotatable bonds is 2. The van der Waals surface area contributed by atoms with E-state index in [4.69, 9.17) is 11.6 Å². The number of hydrogen-bond acceptors (Lipinski definition) is 1. The molecule has 1 aromatic carbocycles. The van der Waals surface area contributed by atoms with Crippen LogP contribution < -0.4 is 0 Å². The van der Waals surface area contributed by atoms with Gasteiger partial charge in [0.05, 0.1) is 16.9 Å². The molecule has 1 heterocycles. The Hall–Kier alpha value is -1.02. The summed E-state index contributed by atoms with van der Waals surface area (Å²) in [5, 5.41) is 0. The number of nitrogens with zero attached hydrogens (tertiary/aromatic N) is 1. The molecule has 0 aliphatic rings. The summed E-state index contributed by atoms with van der Waals surface area (Å²) in [4.78, 5) is 7.50. The molecule has 0 bridgehead atoms. The first-order valence-corrected chi connectivity index (χ1v) is 4.90. The number of aryl methyl sites for hydroxylation is 1. The molecule has 0 amide bonds. The van der Waals surface area contributed by atoms with Crippen LogP contribution in [0.2, 0.25) is 0 Å². The van der Waals surface area contributed by atoms with Gasteiger partial charge in [0.15, 0.2) is 0 Å². The number of imidazole rings is 1. The highest BCUT2D eigenvalue weighted by Crippen LogP contribution is 2.14. The minimum atomic E-state index is 0.441. The first-order valence-electron chi connectivity index (χ1n) is 4.37. The molecule has 0 saturated heterocycles. The number of alkyl halides is 1. The Morgan fingerprint density at radius 1 is 1.46 bits per heavy atom. The van der Waals surface area contributed by atoms with E-state index in [0.717, 1.165) is 23.3 Å². The number of halogens is 1. The summed E-state index contributed by atoms with van der Waals surface area (Å²) in [6, 6.07) is 6.25. The van der Waals surface area contributed by atoms with E-state index >= 15 is 0 Å². The van der Waals surface area contributed by atoms with Crippen molar-refractivity contribution >= 4 is 22.6 Å². The Labute approximate surface area is 81.9 Å². The van der Waals surface area contributed by atoms with Gasteiger partial charge in [0.25, 0.3) is 0 Å². The molecule has 1 N–H and O–H groups in total. The third-order valence-electron chi connectivity index (χ3n) is 2.13. The lowest BCUT2D eigenvalue weighted by molar-refractivity contribution is 1.13. The van der Waals surface area contributed by atoms with E-state index in [2.05, 4.69) is 29.0 Å². The predicted molar refractivity (Wildman–Crippen MR) is 55.0 cm³/mol. The topological polar surface area (TPSA) is 28.7 Å². The quantitative estimate of drug-likeness (QED) is 0.732. The van der Waals surface area contributed by atoms with Crippen molar-refractivity contribution in [1.82, 2.24) is 9.97 Å². The van der Waals surface area contributed by atoms with Crippen molar-refractivity contribution < 1.29 is 0 Å². The van der Waals surface area contributed by atoms with Gasteiger partial charge >= 0.3 is 0 Å². The lowest BCUT2D eigenvalue weighted by atomic mass is 10.1. The SMILES string of the molecule is CCc1ccc2nc(CCl)[nH]c2c1. The Balaban J connectivity index is 2.57. The summed E-state index contributed by atoms with van der Waals surface area (Å²) < 4.78 is 0. The molecule has 0 spiro atoms. The highest BCUT2D eigenvalue weighted by Gasteiger charge is 2.01. The van der Waals surface area contributed by atoms with Crippen molar-refractivity contribution in [3.8, 4) is 0 Å². The molecule has 0 atom stereocenters. The van der Waals surface area contributed by atoms with Gasteiger partial charge in [-0.2, -0.15) is 0 Å². The molecule has 2 aromatic rings. The Morgan fingerprint density at radius 3 is 3.00 bits per heavy atom. The molecule has 0 unspecified atom stereocenters. The maximum Gasteiger partial charge on any atom is 0.122 e. The van der Waals surface area contributed by atoms with Crippen molar-refractivity contribution in [3.05, 3.63) is 29.6 Å². The molecule has 3 heteroatoms. The van der Waals surface area contributed by atoms with Crippen molar-refractivity contribution in [2.75, 3.05) is 0 Å². The third kappa shape index (κ3) is 1.54. The van der Waals surface area contributed by atoms with E-state index in [1.54, 1.807) is 0 Å². The summed E-state index contributed by atoms with van der Waals surface area (Å²) in [7, 11) is 0. The van der Waals surface area contributed by atoms with Gasteiger partial charge in [0, 0.05) is 0 Å². The monoisotopic (exact) mass is 194 g/mol. The van der Waals surface area contributed by atoms with Crippen molar-refractivity contribution in [3.63, 3.8) is 0 Å². The smallest absolute Gasteiger partial charge is 0.122 e. The largest absolute Gasteiger partial charge is 0.341 e. The second-order valence-electron chi connectivity index (χ2n) is 3.02. The zero-order chi connectivity index (χ0) is 9.26. The molecule has 2 nitrogen and oxygen atoms in total. The molecule has 1 aromatic heterocycles. The van der Waals surface area contributed by atoms with Crippen molar-refractivity contribution in [2.24, 2.45) is 0 Å². The minimum Gasteiger partial charge on any atom is -0.341 e. The number of H-pyrrole nitrogens is 1. The van der Waals surface area contributed by atoms with Crippen LogP contribution >= 0.6 is 11.6 Å². The lowest BCUT2D eigenvalue weighted by Gasteiger charge is -1.93. The summed E-state index contributed by atoms with van der Waals surface area (Å²) in [5.74, 6) is 1.28. The fourth-order valence-corrected chi connectivity index (χ4v) is 1.52. The van der Waals surface area contributed by atoms with E-state index in [9.17, 15) is 0 Å². The van der Waals surface area contributed by atoms with Crippen LogP contribution in [0.3, 0.4) is 0 Å². The van der Waals surface area contributed by atoms with Gasteiger partial charge in [0.2, 0.25) is 0 Å². The van der Waals surface area contributed by atoms with Crippen LogP contribution in [-0.4, -0.2) is 9.97 Å². The highest BCUT2D eigenvalue weighted by molar-refractivity contribution is 6.16. The van der Waals surface area contributed by atoms with Gasteiger partial charge in [-0.05, 0) is 24.1 Å². The molecule has 0 aliphatic heterocycles. The molecular formula is C10H11ClN2. The Bertz CT molecular complexity index is 418. The van der Waals surface area contributed by atoms with Crippen LogP contribution in [0.5, 0.6) is 0 Å². The Kier molecular flexibility index (Phi) is 2.23. The standard InChI is InChI=1S/C10H11ClN2/c1-2-7-3-4-8-9(5-7)13-10(6-11)12-8/h3-5H,2,6H2,1H3,(H,12,13). The number of aromatic amines is 1. The second kappa shape index (κ2) is 3.38. The van der Waals surface area contributed by atoms with E-state index < -0.39 is 0 Å². The van der Waals surface area contributed by atoms with Crippen LogP contribution in [0, 0.1) is 0 Å². The molecule has 0 aliphatic carbocycles. The number of nitrogens with one attached hydrogen (secondary N) is 1. The molecule has 0 saturated carbocycles. The van der Waals surface area contributed by atoms with Gasteiger partial charge in [-0.25, -0.2) is 4.98 Å². The summed E-state index contributed by atoms with van der Waals surface area (Å²) >= 11 is 5.68. The fourth-order valence-electron chi connectivity index (χ4n) is 1.39. The summed E-state index contributed by atoms with van der Waals surface area (Å²) in [6.45, 7) is 2.14. The van der Waals surface area contributed by atoms with Gasteiger partial charge in [-0.15, -0.1) is 11.6 Å². The zero-order valence-corrected chi connectivity index (χ0v) is 8.23. The van der Waals surface area contributed by atoms with Crippen molar-refractivity contribution in [2.45, 2.75) is 19.2 Å². The molecule has 13 heavy (non-hydrogen) atoms. The summed E-state index contributed by atoms with van der Waals surface area (Å²) in [6.07, 6.45) is 1.05. The molecule has 0 fully saturated rings. The van der Waals surface area contributed by atoms with Gasteiger partial charge < -0.3 is 4.98 Å². The average molecular weight is 195 g/mol. The maximum absolute atomic E-state index is 5.68. The first kappa shape index (κ1) is 8.57. The zero-order valence-electron chi connectivity index (χ0n) is 7.47. The fraction of sp³-hybridized carbons (Fsp3) is 0.300. The number of aromatic nitrogens is 2. The first-order chi connectivity index (χ1) is 6.33. The molecular weight excluding hydrogens is 184 g/mol. The van der Waals surface area contributed by atoms with Crippen LogP contribution in [0.1, 0.15) is 18.3 Å². The van der Waals surface area contributed by atoms with Crippen molar-refractivity contribution in [1.29, 1.82) is 0 Å². The van der Waals surface area contributed by atoms with Gasteiger partial charge in [-0.3, -0.25) is 0 Å². The highest BCUT2D eigenvalue weighted by atomic mass is 35.5. The predicted octanol–water partition coefficient (Wildman–Crippen LogP) is 2.86. The van der Waals surface area contributed by atoms with E-state index in [1.165, 1.54) is 5.56 Å². The maximum atomic E-state index is 5.68. The minimum absolute atomic E-state index is 0.441. The normalized spacial score (nSPS) is 10.9. The third-order valence-corrected chi connectivity index (χ3v) is 2.38. The van der Waals surface area contributed by atoms with Crippen LogP contribution in [0.25, 0.3) is 11.0 Å². The number of benzene rings is 1. The van der Waals surface area contributed by atoms with E-state index in [-0.39, 0.29) is 0 Å². The van der Waals surface area contributed by atoms with Crippen LogP contribution in [0.4, 0.5) is 0 Å². The second-order valence-corrected chi connectivity index (χ2v) is 3.29. The van der Waals surface area contributed by atoms with E-state index in [1.807, 2.05) is 6.07 Å². The van der Waals surface area contributed by atoms with E-state index in [0.29, 0.717) is 5.88 Å². The lowest BCUT2D eigenvalue weighted by Crippen LogP contribution is -1.78. The molecule has 68 valence electrons.